The van der Waals surface area contributed by atoms with E-state index in [2.05, 4.69) is 9.97 Å². The number of aromatic amines is 1. The highest BCUT2D eigenvalue weighted by molar-refractivity contribution is 5.75. The second kappa shape index (κ2) is 3.14. The first kappa shape index (κ1) is 8.19. The molecule has 13 heavy (non-hydrogen) atoms. The number of aromatic nitrogens is 2. The van der Waals surface area contributed by atoms with Crippen LogP contribution in [-0.2, 0) is 6.42 Å². The van der Waals surface area contributed by atoms with Gasteiger partial charge in [-0.3, -0.25) is 4.98 Å². The number of fused-ring (bicyclic) bond motifs is 1. The second-order valence-corrected chi connectivity index (χ2v) is 2.92. The van der Waals surface area contributed by atoms with E-state index in [1.807, 2.05) is 6.07 Å². The Morgan fingerprint density at radius 3 is 3.08 bits per heavy atom. The molecule has 2 rings (SSSR count). The lowest BCUT2D eigenvalue weighted by Crippen LogP contribution is -2.02. The van der Waals surface area contributed by atoms with Crippen molar-refractivity contribution in [1.82, 2.24) is 9.97 Å². The van der Waals surface area contributed by atoms with E-state index in [4.69, 9.17) is 5.73 Å². The molecule has 0 radical (unpaired) electrons. The minimum atomic E-state index is -0.325. The largest absolute Gasteiger partial charge is 0.357 e. The summed E-state index contributed by atoms with van der Waals surface area (Å²) < 4.78 is 12.7. The number of nitrogens with one attached hydrogen (secondary N) is 1. The van der Waals surface area contributed by atoms with Crippen molar-refractivity contribution in [3.8, 4) is 0 Å². The van der Waals surface area contributed by atoms with E-state index in [0.717, 1.165) is 23.1 Å². The highest BCUT2D eigenvalue weighted by Crippen LogP contribution is 2.13. The molecule has 2 aromatic heterocycles. The van der Waals surface area contributed by atoms with Gasteiger partial charge in [0.15, 0.2) is 0 Å². The standard InChI is InChI=1S/C9H10FN3/c10-6-3-9-8(12-5-6)4-7(13-9)1-2-11/h3-5,13H,1-2,11H2. The molecule has 3 nitrogen and oxygen atoms in total. The number of hydrogen-bond acceptors (Lipinski definition) is 2. The summed E-state index contributed by atoms with van der Waals surface area (Å²) in [6.07, 6.45) is 1.97. The highest BCUT2D eigenvalue weighted by atomic mass is 19.1. The molecule has 68 valence electrons. The Hall–Kier alpha value is -1.42. The molecule has 0 aliphatic heterocycles. The topological polar surface area (TPSA) is 54.7 Å². The molecule has 0 fully saturated rings. The summed E-state index contributed by atoms with van der Waals surface area (Å²) in [6.45, 7) is 0.579. The van der Waals surface area contributed by atoms with Crippen molar-refractivity contribution in [2.24, 2.45) is 5.73 Å². The molecule has 2 aromatic rings. The van der Waals surface area contributed by atoms with Crippen molar-refractivity contribution in [3.05, 3.63) is 29.8 Å². The fraction of sp³-hybridized carbons (Fsp3) is 0.222. The maximum atomic E-state index is 12.7. The number of pyridine rings is 1. The van der Waals surface area contributed by atoms with Gasteiger partial charge in [0, 0.05) is 11.8 Å². The Morgan fingerprint density at radius 2 is 2.31 bits per heavy atom. The van der Waals surface area contributed by atoms with Crippen LogP contribution in [0, 0.1) is 5.82 Å². The Morgan fingerprint density at radius 1 is 1.46 bits per heavy atom. The SMILES string of the molecule is NCCc1cc2ncc(F)cc2[nH]1. The molecule has 0 atom stereocenters. The first-order valence-corrected chi connectivity index (χ1v) is 4.13. The molecule has 0 saturated heterocycles. The minimum Gasteiger partial charge on any atom is -0.357 e. The second-order valence-electron chi connectivity index (χ2n) is 2.92. The van der Waals surface area contributed by atoms with Gasteiger partial charge in [-0.2, -0.15) is 0 Å². The van der Waals surface area contributed by atoms with Gasteiger partial charge in [0.05, 0.1) is 17.2 Å². The predicted molar refractivity (Wildman–Crippen MR) is 48.8 cm³/mol. The first-order valence-electron chi connectivity index (χ1n) is 4.13. The van der Waals surface area contributed by atoms with Crippen LogP contribution in [0.25, 0.3) is 11.0 Å². The Bertz CT molecular complexity index is 422. The molecule has 0 amide bonds. The molecule has 0 unspecified atom stereocenters. The molecule has 0 aliphatic carbocycles. The normalized spacial score (nSPS) is 10.9. The molecule has 0 bridgehead atoms. The van der Waals surface area contributed by atoms with Gasteiger partial charge in [-0.1, -0.05) is 0 Å². The number of rotatable bonds is 2. The zero-order valence-corrected chi connectivity index (χ0v) is 7.05. The fourth-order valence-corrected chi connectivity index (χ4v) is 1.33. The van der Waals surface area contributed by atoms with E-state index >= 15 is 0 Å². The summed E-state index contributed by atoms with van der Waals surface area (Å²) in [5.74, 6) is -0.325. The molecule has 0 aliphatic rings. The lowest BCUT2D eigenvalue weighted by Gasteiger charge is -1.89. The monoisotopic (exact) mass is 179 g/mol. The van der Waals surface area contributed by atoms with Crippen LogP contribution in [0.4, 0.5) is 4.39 Å². The third-order valence-electron chi connectivity index (χ3n) is 1.90. The number of nitrogens with zero attached hydrogens (tertiary/aromatic N) is 1. The maximum Gasteiger partial charge on any atom is 0.143 e. The zero-order valence-electron chi connectivity index (χ0n) is 7.05. The third-order valence-corrected chi connectivity index (χ3v) is 1.90. The Balaban J connectivity index is 2.49. The molecule has 2 heterocycles. The van der Waals surface area contributed by atoms with E-state index in [9.17, 15) is 4.39 Å². The smallest absolute Gasteiger partial charge is 0.143 e. The third kappa shape index (κ3) is 1.53. The van der Waals surface area contributed by atoms with Gasteiger partial charge in [-0.25, -0.2) is 4.39 Å². The molecule has 3 N–H and O–H groups in total. The lowest BCUT2D eigenvalue weighted by atomic mass is 10.3. The van der Waals surface area contributed by atoms with Crippen molar-refractivity contribution in [2.75, 3.05) is 6.54 Å². The van der Waals surface area contributed by atoms with Crippen LogP contribution in [0.1, 0.15) is 5.69 Å². The van der Waals surface area contributed by atoms with Crippen LogP contribution in [0.2, 0.25) is 0 Å². The van der Waals surface area contributed by atoms with Crippen molar-refractivity contribution in [3.63, 3.8) is 0 Å². The number of hydrogen-bond donors (Lipinski definition) is 2. The summed E-state index contributed by atoms with van der Waals surface area (Å²) >= 11 is 0. The van der Waals surface area contributed by atoms with Crippen molar-refractivity contribution in [2.45, 2.75) is 6.42 Å². The van der Waals surface area contributed by atoms with Crippen LogP contribution in [0.15, 0.2) is 18.3 Å². The lowest BCUT2D eigenvalue weighted by molar-refractivity contribution is 0.624. The van der Waals surface area contributed by atoms with Gasteiger partial charge in [-0.05, 0) is 19.0 Å². The van der Waals surface area contributed by atoms with Crippen LogP contribution < -0.4 is 5.73 Å². The van der Waals surface area contributed by atoms with Crippen LogP contribution in [0.3, 0.4) is 0 Å². The first-order chi connectivity index (χ1) is 6.29. The van der Waals surface area contributed by atoms with Gasteiger partial charge in [-0.15, -0.1) is 0 Å². The van der Waals surface area contributed by atoms with Crippen LogP contribution >= 0.6 is 0 Å². The quantitative estimate of drug-likeness (QED) is 0.727. The van der Waals surface area contributed by atoms with E-state index in [1.165, 1.54) is 12.3 Å². The van der Waals surface area contributed by atoms with Gasteiger partial charge < -0.3 is 10.7 Å². The number of halogens is 1. The number of H-pyrrole nitrogens is 1. The Kier molecular flexibility index (Phi) is 1.98. The summed E-state index contributed by atoms with van der Waals surface area (Å²) in [5.41, 5.74) is 7.90. The van der Waals surface area contributed by atoms with Gasteiger partial charge >= 0.3 is 0 Å². The van der Waals surface area contributed by atoms with E-state index in [0.29, 0.717) is 6.54 Å². The predicted octanol–water partition coefficient (Wildman–Crippen LogP) is 1.20. The van der Waals surface area contributed by atoms with E-state index in [1.54, 1.807) is 0 Å². The van der Waals surface area contributed by atoms with E-state index in [-0.39, 0.29) is 5.82 Å². The summed E-state index contributed by atoms with van der Waals surface area (Å²) in [5, 5.41) is 0. The van der Waals surface area contributed by atoms with Crippen molar-refractivity contribution < 1.29 is 4.39 Å². The minimum absolute atomic E-state index is 0.325. The Labute approximate surface area is 74.8 Å². The summed E-state index contributed by atoms with van der Waals surface area (Å²) in [6, 6.07) is 3.32. The van der Waals surface area contributed by atoms with E-state index < -0.39 is 0 Å². The fourth-order valence-electron chi connectivity index (χ4n) is 1.33. The summed E-state index contributed by atoms with van der Waals surface area (Å²) in [7, 11) is 0. The maximum absolute atomic E-state index is 12.7. The average molecular weight is 179 g/mol. The van der Waals surface area contributed by atoms with Crippen LogP contribution in [-0.4, -0.2) is 16.5 Å². The molecule has 4 heteroatoms. The molecule has 0 aromatic carbocycles. The molecule has 0 saturated carbocycles. The molecular weight excluding hydrogens is 169 g/mol. The van der Waals surface area contributed by atoms with Gasteiger partial charge in [0.25, 0.3) is 0 Å². The van der Waals surface area contributed by atoms with Crippen molar-refractivity contribution in [1.29, 1.82) is 0 Å². The molecular formula is C9H10FN3. The average Bonchev–Trinajstić information content (AvgIpc) is 2.46. The van der Waals surface area contributed by atoms with Crippen molar-refractivity contribution >= 4 is 11.0 Å². The molecule has 0 spiro atoms. The van der Waals surface area contributed by atoms with Gasteiger partial charge in [0.2, 0.25) is 0 Å². The zero-order chi connectivity index (χ0) is 9.26. The highest BCUT2D eigenvalue weighted by Gasteiger charge is 2.01. The van der Waals surface area contributed by atoms with Gasteiger partial charge in [0.1, 0.15) is 5.82 Å². The summed E-state index contributed by atoms with van der Waals surface area (Å²) in [4.78, 5) is 6.99. The number of nitrogens with two attached hydrogens (primary N) is 1. The van der Waals surface area contributed by atoms with Crippen LogP contribution in [0.5, 0.6) is 0 Å².